The summed E-state index contributed by atoms with van der Waals surface area (Å²) < 4.78 is 5.53. The number of rotatable bonds is 5. The molecule has 5 nitrogen and oxygen atoms in total. The molecule has 0 aromatic heterocycles. The summed E-state index contributed by atoms with van der Waals surface area (Å²) in [5, 5.41) is 14.4. The number of piperidine rings is 1. The number of nitro groups is 1. The van der Waals surface area contributed by atoms with Crippen LogP contribution in [0.5, 0.6) is 5.75 Å². The molecule has 1 unspecified atom stereocenters. The molecule has 0 bridgehead atoms. The van der Waals surface area contributed by atoms with Gasteiger partial charge in [0.15, 0.2) is 5.75 Å². The van der Waals surface area contributed by atoms with Crippen LogP contribution >= 0.6 is 11.6 Å². The number of nitrogens with zero attached hydrogens (tertiary/aromatic N) is 1. The third kappa shape index (κ3) is 3.81. The zero-order chi connectivity index (χ0) is 13.7. The molecule has 1 N–H and O–H groups in total. The largest absolute Gasteiger partial charge is 0.487 e. The van der Waals surface area contributed by atoms with Gasteiger partial charge in [-0.05, 0) is 50.4 Å². The van der Waals surface area contributed by atoms with Gasteiger partial charge in [0.2, 0.25) is 0 Å². The van der Waals surface area contributed by atoms with E-state index in [2.05, 4.69) is 5.32 Å². The molecule has 0 spiro atoms. The highest BCUT2D eigenvalue weighted by Crippen LogP contribution is 2.34. The minimum absolute atomic E-state index is 0.113. The van der Waals surface area contributed by atoms with E-state index >= 15 is 0 Å². The monoisotopic (exact) mass is 284 g/mol. The summed E-state index contributed by atoms with van der Waals surface area (Å²) in [6, 6.07) is 4.74. The summed E-state index contributed by atoms with van der Waals surface area (Å²) in [4.78, 5) is 10.4. The summed E-state index contributed by atoms with van der Waals surface area (Å²) in [6.45, 7) is 2.56. The van der Waals surface area contributed by atoms with Gasteiger partial charge in [-0.1, -0.05) is 17.7 Å². The predicted octanol–water partition coefficient (Wildman–Crippen LogP) is 3.02. The van der Waals surface area contributed by atoms with E-state index in [1.807, 2.05) is 0 Å². The number of nitro benzene ring substituents is 1. The highest BCUT2D eigenvalue weighted by atomic mass is 35.5. The highest BCUT2D eigenvalue weighted by Gasteiger charge is 2.20. The fourth-order valence-corrected chi connectivity index (χ4v) is 2.53. The zero-order valence-electron chi connectivity index (χ0n) is 10.6. The Hall–Kier alpha value is -1.33. The molecule has 1 fully saturated rings. The maximum Gasteiger partial charge on any atom is 0.329 e. The van der Waals surface area contributed by atoms with Crippen molar-refractivity contribution in [2.45, 2.75) is 19.3 Å². The molecule has 2 rings (SSSR count). The zero-order valence-corrected chi connectivity index (χ0v) is 11.4. The molecule has 1 aliphatic heterocycles. The summed E-state index contributed by atoms with van der Waals surface area (Å²) in [6.07, 6.45) is 3.27. The van der Waals surface area contributed by atoms with Gasteiger partial charge < -0.3 is 10.1 Å². The molecule has 0 radical (unpaired) electrons. The Bertz CT molecular complexity index is 448. The maximum absolute atomic E-state index is 10.9. The summed E-state index contributed by atoms with van der Waals surface area (Å²) in [5.41, 5.74) is -0.147. The van der Waals surface area contributed by atoms with Crippen LogP contribution in [0, 0.1) is 16.0 Å². The van der Waals surface area contributed by atoms with Crippen molar-refractivity contribution >= 4 is 17.3 Å². The molecule has 1 aromatic carbocycles. The molecule has 0 amide bonds. The van der Waals surface area contributed by atoms with Crippen molar-refractivity contribution < 1.29 is 9.66 Å². The molecule has 1 heterocycles. The first-order chi connectivity index (χ1) is 9.18. The van der Waals surface area contributed by atoms with Crippen LogP contribution in [0.2, 0.25) is 5.02 Å². The lowest BCUT2D eigenvalue weighted by Gasteiger charge is -2.22. The highest BCUT2D eigenvalue weighted by molar-refractivity contribution is 6.32. The Balaban J connectivity index is 1.92. The normalized spacial score (nSPS) is 19.1. The van der Waals surface area contributed by atoms with E-state index in [0.29, 0.717) is 12.5 Å². The number of hydrogen-bond acceptors (Lipinski definition) is 4. The molecule has 1 saturated heterocycles. The van der Waals surface area contributed by atoms with Crippen molar-refractivity contribution in [2.75, 3.05) is 19.7 Å². The van der Waals surface area contributed by atoms with Crippen LogP contribution in [-0.2, 0) is 0 Å². The lowest BCUT2D eigenvalue weighted by Crippen LogP contribution is -2.30. The molecule has 1 aliphatic rings. The second kappa shape index (κ2) is 6.73. The number of ether oxygens (including phenoxy) is 1. The Morgan fingerprint density at radius 2 is 2.37 bits per heavy atom. The fourth-order valence-electron chi connectivity index (χ4n) is 2.30. The van der Waals surface area contributed by atoms with E-state index in [4.69, 9.17) is 16.3 Å². The number of halogens is 1. The topological polar surface area (TPSA) is 64.4 Å². The van der Waals surface area contributed by atoms with E-state index < -0.39 is 4.92 Å². The van der Waals surface area contributed by atoms with Crippen molar-refractivity contribution in [3.63, 3.8) is 0 Å². The van der Waals surface area contributed by atoms with Crippen LogP contribution in [0.3, 0.4) is 0 Å². The summed E-state index contributed by atoms with van der Waals surface area (Å²) >= 11 is 5.82. The van der Waals surface area contributed by atoms with Crippen molar-refractivity contribution in [1.29, 1.82) is 0 Å². The quantitative estimate of drug-likeness (QED) is 0.667. The summed E-state index contributed by atoms with van der Waals surface area (Å²) in [5.74, 6) is 0.841. The van der Waals surface area contributed by atoms with Crippen molar-refractivity contribution in [3.05, 3.63) is 33.3 Å². The first-order valence-electron chi connectivity index (χ1n) is 6.45. The molecule has 1 atom stereocenters. The van der Waals surface area contributed by atoms with E-state index in [0.717, 1.165) is 19.5 Å². The van der Waals surface area contributed by atoms with Gasteiger partial charge in [-0.15, -0.1) is 0 Å². The van der Waals surface area contributed by atoms with E-state index in [-0.39, 0.29) is 16.5 Å². The molecular formula is C13H17ClN2O3. The second-order valence-corrected chi connectivity index (χ2v) is 5.10. The SMILES string of the molecule is O=[N+]([O-])c1c(Cl)cccc1OCCC1CCCNC1. The van der Waals surface area contributed by atoms with E-state index in [9.17, 15) is 10.1 Å². The van der Waals surface area contributed by atoms with Gasteiger partial charge in [0.05, 0.1) is 11.5 Å². The van der Waals surface area contributed by atoms with Crippen LogP contribution < -0.4 is 10.1 Å². The van der Waals surface area contributed by atoms with Crippen molar-refractivity contribution in [3.8, 4) is 5.75 Å². The smallest absolute Gasteiger partial charge is 0.329 e. The van der Waals surface area contributed by atoms with Crippen LogP contribution in [0.15, 0.2) is 18.2 Å². The Labute approximate surface area is 117 Å². The molecule has 104 valence electrons. The lowest BCUT2D eigenvalue weighted by molar-refractivity contribution is -0.385. The van der Waals surface area contributed by atoms with Gasteiger partial charge in [0.25, 0.3) is 0 Å². The van der Waals surface area contributed by atoms with Gasteiger partial charge in [-0.25, -0.2) is 0 Å². The first kappa shape index (κ1) is 14.1. The molecule has 1 aromatic rings. The average molecular weight is 285 g/mol. The molecule has 0 aliphatic carbocycles. The second-order valence-electron chi connectivity index (χ2n) is 4.69. The van der Waals surface area contributed by atoms with Crippen LogP contribution in [0.1, 0.15) is 19.3 Å². The van der Waals surface area contributed by atoms with Gasteiger partial charge >= 0.3 is 5.69 Å². The Morgan fingerprint density at radius 1 is 1.53 bits per heavy atom. The van der Waals surface area contributed by atoms with Crippen LogP contribution in [0.25, 0.3) is 0 Å². The first-order valence-corrected chi connectivity index (χ1v) is 6.82. The minimum atomic E-state index is -0.500. The number of para-hydroxylation sites is 1. The Morgan fingerprint density at radius 3 is 3.05 bits per heavy atom. The van der Waals surface area contributed by atoms with Gasteiger partial charge in [0, 0.05) is 0 Å². The number of nitrogens with one attached hydrogen (secondary N) is 1. The lowest BCUT2D eigenvalue weighted by atomic mass is 9.97. The van der Waals surface area contributed by atoms with Crippen LogP contribution in [0.4, 0.5) is 5.69 Å². The van der Waals surface area contributed by atoms with Crippen molar-refractivity contribution in [2.24, 2.45) is 5.92 Å². The van der Waals surface area contributed by atoms with Gasteiger partial charge in [-0.2, -0.15) is 0 Å². The Kier molecular flexibility index (Phi) is 4.99. The maximum atomic E-state index is 10.9. The third-order valence-corrected chi connectivity index (χ3v) is 3.62. The van der Waals surface area contributed by atoms with Gasteiger partial charge in [-0.3, -0.25) is 10.1 Å². The molecular weight excluding hydrogens is 268 g/mol. The van der Waals surface area contributed by atoms with E-state index in [1.165, 1.54) is 18.9 Å². The standard InChI is InChI=1S/C13H17ClN2O3/c14-11-4-1-5-12(13(11)16(17)18)19-8-6-10-3-2-7-15-9-10/h1,4-5,10,15H,2-3,6-9H2. The number of benzene rings is 1. The minimum Gasteiger partial charge on any atom is -0.487 e. The molecule has 19 heavy (non-hydrogen) atoms. The molecule has 0 saturated carbocycles. The van der Waals surface area contributed by atoms with Crippen LogP contribution in [-0.4, -0.2) is 24.6 Å². The fraction of sp³-hybridized carbons (Fsp3) is 0.538. The van der Waals surface area contributed by atoms with Gasteiger partial charge in [0.1, 0.15) is 5.02 Å². The predicted molar refractivity (Wildman–Crippen MR) is 73.8 cm³/mol. The van der Waals surface area contributed by atoms with Crippen molar-refractivity contribution in [1.82, 2.24) is 5.32 Å². The number of hydrogen-bond donors (Lipinski definition) is 1. The summed E-state index contributed by atoms with van der Waals surface area (Å²) in [7, 11) is 0. The average Bonchev–Trinajstić information content (AvgIpc) is 2.39. The molecule has 6 heteroatoms. The third-order valence-electron chi connectivity index (χ3n) is 3.31. The van der Waals surface area contributed by atoms with E-state index in [1.54, 1.807) is 12.1 Å².